The molecular weight excluding hydrogens is 295 g/mol. The molecule has 0 fully saturated rings. The molecule has 0 aliphatic heterocycles. The average Bonchev–Trinajstić information content (AvgIpc) is 2.79. The molecule has 0 aromatic carbocycles. The fourth-order valence-corrected chi connectivity index (χ4v) is 2.53. The SMILES string of the molecule is COC(=O)c1cc(SC(C)=O)cn1Cc1ccnc(F)c1. The maximum Gasteiger partial charge on any atom is 0.354 e. The van der Waals surface area contributed by atoms with Crippen LogP contribution in [0.5, 0.6) is 0 Å². The van der Waals surface area contributed by atoms with Gasteiger partial charge in [-0.15, -0.1) is 0 Å². The third-order valence-electron chi connectivity index (χ3n) is 2.67. The third-order valence-corrected chi connectivity index (χ3v) is 3.42. The Morgan fingerprint density at radius 2 is 2.19 bits per heavy atom. The van der Waals surface area contributed by atoms with Crippen molar-refractivity contribution in [3.63, 3.8) is 0 Å². The molecule has 2 aromatic rings. The first-order chi connectivity index (χ1) is 9.99. The number of aromatic nitrogens is 2. The van der Waals surface area contributed by atoms with Gasteiger partial charge in [-0.1, -0.05) is 11.8 Å². The van der Waals surface area contributed by atoms with Crippen LogP contribution in [0.2, 0.25) is 0 Å². The highest BCUT2D eigenvalue weighted by Gasteiger charge is 2.16. The molecule has 21 heavy (non-hydrogen) atoms. The summed E-state index contributed by atoms with van der Waals surface area (Å²) in [6.45, 7) is 1.72. The number of esters is 1. The van der Waals surface area contributed by atoms with Crippen LogP contribution in [0, 0.1) is 5.95 Å². The first kappa shape index (κ1) is 15.2. The van der Waals surface area contributed by atoms with E-state index in [2.05, 4.69) is 4.98 Å². The molecule has 0 atom stereocenters. The lowest BCUT2D eigenvalue weighted by molar-refractivity contribution is -0.109. The van der Waals surface area contributed by atoms with Crippen LogP contribution in [0.4, 0.5) is 4.39 Å². The number of carbonyl (C=O) groups is 2. The molecule has 2 aromatic heterocycles. The van der Waals surface area contributed by atoms with Gasteiger partial charge in [0.05, 0.1) is 7.11 Å². The van der Waals surface area contributed by atoms with Crippen LogP contribution >= 0.6 is 11.8 Å². The van der Waals surface area contributed by atoms with E-state index < -0.39 is 11.9 Å². The second-order valence-electron chi connectivity index (χ2n) is 4.26. The molecule has 2 heterocycles. The van der Waals surface area contributed by atoms with E-state index in [1.807, 2.05) is 0 Å². The molecule has 110 valence electrons. The molecule has 0 radical (unpaired) electrons. The average molecular weight is 308 g/mol. The number of rotatable bonds is 4. The zero-order valence-corrected chi connectivity index (χ0v) is 12.3. The summed E-state index contributed by atoms with van der Waals surface area (Å²) in [6.07, 6.45) is 3.02. The zero-order chi connectivity index (χ0) is 15.4. The lowest BCUT2D eigenvalue weighted by Crippen LogP contribution is -2.10. The number of nitrogens with zero attached hydrogens (tertiary/aromatic N) is 2. The second kappa shape index (κ2) is 6.53. The molecule has 0 saturated heterocycles. The van der Waals surface area contributed by atoms with Gasteiger partial charge in [-0.05, 0) is 23.8 Å². The normalized spacial score (nSPS) is 10.4. The lowest BCUT2D eigenvalue weighted by atomic mass is 10.2. The summed E-state index contributed by atoms with van der Waals surface area (Å²) in [6, 6.07) is 4.52. The molecule has 0 N–H and O–H groups in total. The van der Waals surface area contributed by atoms with E-state index in [0.29, 0.717) is 16.2 Å². The van der Waals surface area contributed by atoms with Crippen LogP contribution in [-0.2, 0) is 16.1 Å². The zero-order valence-electron chi connectivity index (χ0n) is 11.5. The van der Waals surface area contributed by atoms with Crippen molar-refractivity contribution in [3.05, 3.63) is 47.8 Å². The smallest absolute Gasteiger partial charge is 0.354 e. The monoisotopic (exact) mass is 308 g/mol. The minimum Gasteiger partial charge on any atom is -0.464 e. The molecule has 2 rings (SSSR count). The van der Waals surface area contributed by atoms with Gasteiger partial charge in [-0.3, -0.25) is 4.79 Å². The number of thioether (sulfide) groups is 1. The van der Waals surface area contributed by atoms with Crippen molar-refractivity contribution < 1.29 is 18.7 Å². The standard InChI is InChI=1S/C14H13FN2O3S/c1-9(18)21-11-6-12(14(19)20-2)17(8-11)7-10-3-4-16-13(15)5-10/h3-6,8H,7H2,1-2H3. The molecule has 0 amide bonds. The fourth-order valence-electron chi connectivity index (χ4n) is 1.85. The highest BCUT2D eigenvalue weighted by atomic mass is 32.2. The number of halogens is 1. The minimum atomic E-state index is -0.586. The summed E-state index contributed by atoms with van der Waals surface area (Å²) in [5.74, 6) is -1.10. The largest absolute Gasteiger partial charge is 0.464 e. The highest BCUT2D eigenvalue weighted by Crippen LogP contribution is 2.23. The van der Waals surface area contributed by atoms with Crippen LogP contribution in [0.25, 0.3) is 0 Å². The Hall–Kier alpha value is -2.15. The van der Waals surface area contributed by atoms with E-state index in [9.17, 15) is 14.0 Å². The summed E-state index contributed by atoms with van der Waals surface area (Å²) in [7, 11) is 1.28. The molecule has 7 heteroatoms. The van der Waals surface area contributed by atoms with Crippen molar-refractivity contribution >= 4 is 22.8 Å². The Kier molecular flexibility index (Phi) is 4.74. The minimum absolute atomic E-state index is 0.0847. The molecule has 0 unspecified atom stereocenters. The number of methoxy groups -OCH3 is 1. The lowest BCUT2D eigenvalue weighted by Gasteiger charge is -2.07. The molecule has 0 bridgehead atoms. The van der Waals surface area contributed by atoms with E-state index in [4.69, 9.17) is 4.74 Å². The van der Waals surface area contributed by atoms with Gasteiger partial charge in [0.2, 0.25) is 5.95 Å². The summed E-state index contributed by atoms with van der Waals surface area (Å²) in [5.41, 5.74) is 0.959. The topological polar surface area (TPSA) is 61.2 Å². The first-order valence-corrected chi connectivity index (χ1v) is 6.88. The summed E-state index contributed by atoms with van der Waals surface area (Å²) < 4.78 is 19.4. The number of pyridine rings is 1. The Morgan fingerprint density at radius 1 is 1.43 bits per heavy atom. The predicted octanol–water partition coefficient (Wildman–Crippen LogP) is 2.50. The van der Waals surface area contributed by atoms with Crippen molar-refractivity contribution in [1.29, 1.82) is 0 Å². The van der Waals surface area contributed by atoms with Crippen LogP contribution in [0.3, 0.4) is 0 Å². The number of carbonyl (C=O) groups excluding carboxylic acids is 2. The first-order valence-electron chi connectivity index (χ1n) is 6.07. The van der Waals surface area contributed by atoms with E-state index in [0.717, 1.165) is 11.8 Å². The predicted molar refractivity (Wildman–Crippen MR) is 75.6 cm³/mol. The van der Waals surface area contributed by atoms with Gasteiger partial charge in [0.25, 0.3) is 0 Å². The molecular formula is C14H13FN2O3S. The number of hydrogen-bond acceptors (Lipinski definition) is 5. The van der Waals surface area contributed by atoms with E-state index in [1.165, 1.54) is 26.3 Å². The second-order valence-corrected chi connectivity index (χ2v) is 5.51. The third kappa shape index (κ3) is 3.91. The Labute approximate surface area is 125 Å². The van der Waals surface area contributed by atoms with Gasteiger partial charge >= 0.3 is 5.97 Å². The van der Waals surface area contributed by atoms with Crippen molar-refractivity contribution in [3.8, 4) is 0 Å². The van der Waals surface area contributed by atoms with E-state index in [1.54, 1.807) is 22.9 Å². The van der Waals surface area contributed by atoms with Crippen molar-refractivity contribution in [2.75, 3.05) is 7.11 Å². The van der Waals surface area contributed by atoms with Crippen LogP contribution in [0.1, 0.15) is 23.0 Å². The van der Waals surface area contributed by atoms with Gasteiger partial charge in [0.15, 0.2) is 5.12 Å². The molecule has 5 nitrogen and oxygen atoms in total. The summed E-state index contributed by atoms with van der Waals surface area (Å²) in [4.78, 5) is 27.0. The van der Waals surface area contributed by atoms with Crippen LogP contribution in [-0.4, -0.2) is 27.7 Å². The molecule has 0 spiro atoms. The maximum atomic E-state index is 13.1. The van der Waals surface area contributed by atoms with Crippen molar-refractivity contribution in [1.82, 2.24) is 9.55 Å². The number of hydrogen-bond donors (Lipinski definition) is 0. The van der Waals surface area contributed by atoms with Crippen molar-refractivity contribution in [2.45, 2.75) is 18.4 Å². The van der Waals surface area contributed by atoms with Gasteiger partial charge in [-0.25, -0.2) is 9.78 Å². The molecule has 0 saturated carbocycles. The summed E-state index contributed by atoms with van der Waals surface area (Å²) >= 11 is 1.02. The summed E-state index contributed by atoms with van der Waals surface area (Å²) in [5, 5.41) is -0.0847. The number of ether oxygens (including phenoxy) is 1. The van der Waals surface area contributed by atoms with Crippen LogP contribution < -0.4 is 0 Å². The van der Waals surface area contributed by atoms with Gasteiger partial charge in [0.1, 0.15) is 5.69 Å². The Morgan fingerprint density at radius 3 is 2.81 bits per heavy atom. The quantitative estimate of drug-likeness (QED) is 0.493. The molecule has 0 aliphatic carbocycles. The van der Waals surface area contributed by atoms with Crippen molar-refractivity contribution in [2.24, 2.45) is 0 Å². The Balaban J connectivity index is 2.33. The van der Waals surface area contributed by atoms with Gasteiger partial charge in [0, 0.05) is 30.8 Å². The fraction of sp³-hybridized carbons (Fsp3) is 0.214. The molecule has 0 aliphatic rings. The van der Waals surface area contributed by atoms with E-state index >= 15 is 0 Å². The van der Waals surface area contributed by atoms with Crippen LogP contribution in [0.15, 0.2) is 35.5 Å². The Bertz CT molecular complexity index is 685. The van der Waals surface area contributed by atoms with Gasteiger partial charge < -0.3 is 9.30 Å². The van der Waals surface area contributed by atoms with Gasteiger partial charge in [-0.2, -0.15) is 4.39 Å². The van der Waals surface area contributed by atoms with E-state index in [-0.39, 0.29) is 11.7 Å². The maximum absolute atomic E-state index is 13.1. The highest BCUT2D eigenvalue weighted by molar-refractivity contribution is 8.13.